The summed E-state index contributed by atoms with van der Waals surface area (Å²) in [4.78, 5) is 0. The van der Waals surface area contributed by atoms with E-state index in [2.05, 4.69) is 0 Å². The summed E-state index contributed by atoms with van der Waals surface area (Å²) < 4.78 is 15.7. The molecule has 0 saturated carbocycles. The van der Waals surface area contributed by atoms with Gasteiger partial charge >= 0.3 is 7.80 Å². The van der Waals surface area contributed by atoms with Gasteiger partial charge < -0.3 is 20.1 Å². The fraction of sp³-hybridized carbons (Fsp3) is 1.00. The first kappa shape index (κ1) is 10.0. The highest BCUT2D eigenvalue weighted by molar-refractivity contribution is 7.45. The van der Waals surface area contributed by atoms with Crippen LogP contribution in [0.25, 0.3) is 0 Å². The fourth-order valence-electron chi connectivity index (χ4n) is 1.26. The number of aliphatic hydroxyl groups is 3. The van der Waals surface area contributed by atoms with Crippen LogP contribution in [0.4, 0.5) is 0 Å². The molecule has 3 N–H and O–H groups in total. The van der Waals surface area contributed by atoms with Gasteiger partial charge in [0.1, 0.15) is 12.2 Å². The predicted molar refractivity (Wildman–Crippen MR) is 41.3 cm³/mol. The van der Waals surface area contributed by atoms with Gasteiger partial charge in [-0.1, -0.05) is 4.57 Å². The SMILES string of the molecule is COC1C(O)C[P+](=O)C(O)C1O. The third-order valence-corrected chi connectivity index (χ3v) is 3.59. The zero-order valence-electron chi connectivity index (χ0n) is 6.62. The smallest absolute Gasteiger partial charge is 0.375 e. The lowest BCUT2D eigenvalue weighted by Gasteiger charge is -2.27. The van der Waals surface area contributed by atoms with Crippen LogP contribution in [0.5, 0.6) is 0 Å². The second-order valence-electron chi connectivity index (χ2n) is 2.77. The lowest BCUT2D eigenvalue weighted by molar-refractivity contribution is -0.105. The first-order valence-corrected chi connectivity index (χ1v) is 5.10. The van der Waals surface area contributed by atoms with Crippen molar-refractivity contribution < 1.29 is 24.6 Å². The summed E-state index contributed by atoms with van der Waals surface area (Å²) in [6.45, 7) is 0. The second kappa shape index (κ2) is 3.77. The minimum absolute atomic E-state index is 0.0218. The van der Waals surface area contributed by atoms with Gasteiger partial charge in [0.15, 0.2) is 12.3 Å². The third-order valence-electron chi connectivity index (χ3n) is 1.96. The molecule has 1 saturated heterocycles. The molecule has 0 aliphatic carbocycles. The molecule has 0 aromatic heterocycles. The number of hydrogen-bond donors (Lipinski definition) is 3. The summed E-state index contributed by atoms with van der Waals surface area (Å²) in [5, 5.41) is 27.6. The van der Waals surface area contributed by atoms with Crippen LogP contribution < -0.4 is 0 Å². The Kier molecular flexibility index (Phi) is 3.15. The maximum absolute atomic E-state index is 11.0. The Morgan fingerprint density at radius 3 is 2.50 bits per heavy atom. The van der Waals surface area contributed by atoms with E-state index in [9.17, 15) is 14.8 Å². The Balaban J connectivity index is 2.72. The van der Waals surface area contributed by atoms with Crippen LogP contribution in [0.2, 0.25) is 0 Å². The average Bonchev–Trinajstić information content (AvgIpc) is 2.01. The van der Waals surface area contributed by atoms with E-state index in [0.717, 1.165) is 0 Å². The Morgan fingerprint density at radius 2 is 2.00 bits per heavy atom. The summed E-state index contributed by atoms with van der Waals surface area (Å²) in [7, 11) is -0.617. The van der Waals surface area contributed by atoms with Crippen molar-refractivity contribution in [2.45, 2.75) is 24.2 Å². The normalized spacial score (nSPS) is 46.2. The molecule has 70 valence electrons. The molecule has 0 spiro atoms. The molecule has 12 heavy (non-hydrogen) atoms. The highest BCUT2D eigenvalue weighted by Crippen LogP contribution is 2.37. The van der Waals surface area contributed by atoms with Crippen molar-refractivity contribution in [1.29, 1.82) is 0 Å². The van der Waals surface area contributed by atoms with Gasteiger partial charge in [0.2, 0.25) is 0 Å². The van der Waals surface area contributed by atoms with Gasteiger partial charge in [-0.15, -0.1) is 0 Å². The van der Waals surface area contributed by atoms with E-state index < -0.39 is 32.0 Å². The van der Waals surface area contributed by atoms with Crippen LogP contribution in [-0.4, -0.2) is 52.7 Å². The summed E-state index contributed by atoms with van der Waals surface area (Å²) in [6.07, 6.45) is -3.08. The third kappa shape index (κ3) is 1.65. The molecule has 1 rings (SSSR count). The van der Waals surface area contributed by atoms with E-state index in [-0.39, 0.29) is 6.16 Å². The van der Waals surface area contributed by atoms with E-state index in [1.165, 1.54) is 7.11 Å². The van der Waals surface area contributed by atoms with Gasteiger partial charge in [-0.05, 0) is 0 Å². The summed E-state index contributed by atoms with van der Waals surface area (Å²) in [6, 6.07) is 0. The van der Waals surface area contributed by atoms with Gasteiger partial charge in [-0.2, -0.15) is 0 Å². The maximum atomic E-state index is 11.0. The monoisotopic (exact) mass is 195 g/mol. The average molecular weight is 195 g/mol. The number of methoxy groups -OCH3 is 1. The molecular weight excluding hydrogens is 183 g/mol. The second-order valence-corrected chi connectivity index (χ2v) is 4.50. The summed E-state index contributed by atoms with van der Waals surface area (Å²) >= 11 is 0. The molecule has 5 atom stereocenters. The Bertz CT molecular complexity index is 185. The van der Waals surface area contributed by atoms with Gasteiger partial charge in [0.25, 0.3) is 5.85 Å². The maximum Gasteiger partial charge on any atom is 0.375 e. The lowest BCUT2D eigenvalue weighted by Crippen LogP contribution is -2.49. The summed E-state index contributed by atoms with van der Waals surface area (Å²) in [5.74, 6) is -1.28. The van der Waals surface area contributed by atoms with Crippen LogP contribution in [0.15, 0.2) is 0 Å². The van der Waals surface area contributed by atoms with E-state index in [4.69, 9.17) is 9.84 Å². The van der Waals surface area contributed by atoms with Crippen molar-refractivity contribution in [1.82, 2.24) is 0 Å². The highest BCUT2D eigenvalue weighted by atomic mass is 31.1. The summed E-state index contributed by atoms with van der Waals surface area (Å²) in [5.41, 5.74) is 0. The molecule has 0 bridgehead atoms. The molecule has 1 aliphatic rings. The van der Waals surface area contributed by atoms with Crippen LogP contribution in [-0.2, 0) is 9.30 Å². The Labute approximate surface area is 70.8 Å². The minimum atomic E-state index is -1.94. The molecule has 1 fully saturated rings. The van der Waals surface area contributed by atoms with Gasteiger partial charge in [-0.25, -0.2) is 0 Å². The Morgan fingerprint density at radius 1 is 1.42 bits per heavy atom. The molecule has 0 amide bonds. The Hall–Kier alpha value is -0.0600. The first-order valence-electron chi connectivity index (χ1n) is 3.58. The predicted octanol–water partition coefficient (Wildman–Crippen LogP) is -1.12. The molecule has 0 aromatic carbocycles. The molecule has 6 heteroatoms. The van der Waals surface area contributed by atoms with Crippen molar-refractivity contribution in [3.63, 3.8) is 0 Å². The quantitative estimate of drug-likeness (QED) is 0.461. The molecule has 5 unspecified atom stereocenters. The van der Waals surface area contributed by atoms with Crippen molar-refractivity contribution in [3.8, 4) is 0 Å². The van der Waals surface area contributed by atoms with E-state index in [1.54, 1.807) is 0 Å². The van der Waals surface area contributed by atoms with E-state index >= 15 is 0 Å². The van der Waals surface area contributed by atoms with Gasteiger partial charge in [0.05, 0.1) is 0 Å². The van der Waals surface area contributed by atoms with Crippen molar-refractivity contribution >= 4 is 7.80 Å². The number of ether oxygens (including phenoxy) is 1. The fourth-order valence-corrected chi connectivity index (χ4v) is 2.56. The zero-order chi connectivity index (χ0) is 9.30. The van der Waals surface area contributed by atoms with Crippen LogP contribution >= 0.6 is 7.80 Å². The molecule has 0 radical (unpaired) electrons. The highest BCUT2D eigenvalue weighted by Gasteiger charge is 2.50. The standard InChI is InChI=1S/C6H12O5P/c1-11-5-3(7)2-12(10)6(9)4(5)8/h3-9H,2H2,1H3/q+1. The van der Waals surface area contributed by atoms with Crippen molar-refractivity contribution in [3.05, 3.63) is 0 Å². The molecular formula is C6H12O5P+. The topological polar surface area (TPSA) is 87.0 Å². The molecule has 0 aromatic rings. The number of aliphatic hydroxyl groups excluding tert-OH is 3. The lowest BCUT2D eigenvalue weighted by atomic mass is 10.1. The van der Waals surface area contributed by atoms with Crippen LogP contribution in [0.1, 0.15) is 0 Å². The number of hydrogen-bond acceptors (Lipinski definition) is 5. The van der Waals surface area contributed by atoms with Crippen molar-refractivity contribution in [2.75, 3.05) is 13.3 Å². The van der Waals surface area contributed by atoms with Gasteiger partial charge in [0, 0.05) is 7.11 Å². The molecule has 1 aliphatic heterocycles. The number of rotatable bonds is 1. The van der Waals surface area contributed by atoms with Crippen molar-refractivity contribution in [2.24, 2.45) is 0 Å². The van der Waals surface area contributed by atoms with Crippen LogP contribution in [0.3, 0.4) is 0 Å². The molecule has 5 nitrogen and oxygen atoms in total. The van der Waals surface area contributed by atoms with Crippen LogP contribution in [0, 0.1) is 0 Å². The largest absolute Gasteiger partial charge is 0.386 e. The first-order chi connectivity index (χ1) is 5.57. The zero-order valence-corrected chi connectivity index (χ0v) is 7.52. The van der Waals surface area contributed by atoms with E-state index in [0.29, 0.717) is 0 Å². The van der Waals surface area contributed by atoms with E-state index in [1.807, 2.05) is 0 Å². The minimum Gasteiger partial charge on any atom is -0.386 e. The molecule has 1 heterocycles. The van der Waals surface area contributed by atoms with Gasteiger partial charge in [-0.3, -0.25) is 0 Å².